The normalized spacial score (nSPS) is 21.9. The number of halogens is 2. The summed E-state index contributed by atoms with van der Waals surface area (Å²) in [6.07, 6.45) is 1.17. The van der Waals surface area contributed by atoms with E-state index in [2.05, 4.69) is 24.0 Å². The molecule has 5 rings (SSSR count). The van der Waals surface area contributed by atoms with E-state index >= 15 is 0 Å². The van der Waals surface area contributed by atoms with Crippen molar-refractivity contribution in [3.63, 3.8) is 0 Å². The van der Waals surface area contributed by atoms with Gasteiger partial charge in [0.2, 0.25) is 0 Å². The second-order valence-corrected chi connectivity index (χ2v) is 9.59. The molecule has 1 aromatic heterocycles. The van der Waals surface area contributed by atoms with E-state index in [9.17, 15) is 13.6 Å². The van der Waals surface area contributed by atoms with Gasteiger partial charge >= 0.3 is 6.09 Å². The summed E-state index contributed by atoms with van der Waals surface area (Å²) in [5.74, 6) is -1.26. The van der Waals surface area contributed by atoms with Crippen LogP contribution in [0, 0.1) is 17.0 Å². The lowest BCUT2D eigenvalue weighted by atomic mass is 9.74. The van der Waals surface area contributed by atoms with Crippen LogP contribution in [0.1, 0.15) is 56.4 Å². The standard InChI is InChI=1S/C27H27F2N3O2/c1-4-32(25(33)34-16-17-9-6-5-7-10-17)27-14-13-19(26(27,2)3)18-15-22(30-31-24(18)27)23-20(28)11-8-12-21(23)29/h5-12,15,19H,4,13-14,16H2,1-3H3/t19-,27-/m0/s1. The van der Waals surface area contributed by atoms with E-state index in [1.807, 2.05) is 37.3 Å². The maximum absolute atomic E-state index is 14.4. The lowest BCUT2D eigenvalue weighted by Gasteiger charge is -2.45. The van der Waals surface area contributed by atoms with Crippen LogP contribution in [0.5, 0.6) is 0 Å². The van der Waals surface area contributed by atoms with Crippen molar-refractivity contribution in [2.24, 2.45) is 5.41 Å². The second-order valence-electron chi connectivity index (χ2n) is 9.59. The van der Waals surface area contributed by atoms with Gasteiger partial charge in [-0.15, -0.1) is 5.10 Å². The van der Waals surface area contributed by atoms with E-state index in [0.717, 1.165) is 24.0 Å². The molecule has 2 aromatic carbocycles. The van der Waals surface area contributed by atoms with Gasteiger partial charge in [-0.05, 0) is 55.0 Å². The van der Waals surface area contributed by atoms with Gasteiger partial charge in [0.05, 0.1) is 22.5 Å². The highest BCUT2D eigenvalue weighted by Gasteiger charge is 2.67. The molecule has 1 saturated carbocycles. The van der Waals surface area contributed by atoms with Crippen molar-refractivity contribution in [2.45, 2.75) is 51.7 Å². The number of ether oxygens (including phenoxy) is 1. The van der Waals surface area contributed by atoms with Gasteiger partial charge < -0.3 is 4.74 Å². The molecule has 2 bridgehead atoms. The predicted octanol–water partition coefficient (Wildman–Crippen LogP) is 6.19. The van der Waals surface area contributed by atoms with Crippen LogP contribution in [0.3, 0.4) is 0 Å². The molecule has 0 saturated heterocycles. The molecule has 1 heterocycles. The Morgan fingerprint density at radius 3 is 2.47 bits per heavy atom. The first-order valence-electron chi connectivity index (χ1n) is 11.6. The maximum atomic E-state index is 14.4. The summed E-state index contributed by atoms with van der Waals surface area (Å²) in [5, 5.41) is 8.74. The summed E-state index contributed by atoms with van der Waals surface area (Å²) in [4.78, 5) is 15.1. The van der Waals surface area contributed by atoms with Crippen LogP contribution >= 0.6 is 0 Å². The maximum Gasteiger partial charge on any atom is 0.410 e. The molecule has 0 N–H and O–H groups in total. The first-order valence-corrected chi connectivity index (χ1v) is 11.6. The van der Waals surface area contributed by atoms with Gasteiger partial charge in [-0.3, -0.25) is 4.90 Å². The number of benzene rings is 2. The van der Waals surface area contributed by atoms with Crippen LogP contribution in [0.4, 0.5) is 13.6 Å². The first kappa shape index (κ1) is 22.4. The SMILES string of the molecule is CCN(C(=O)OCc1ccccc1)[C@@]12CC[C@@H](c3cc(-c4c(F)cccc4F)nnc31)C2(C)C. The molecule has 0 unspecified atom stereocenters. The Labute approximate surface area is 197 Å². The van der Waals surface area contributed by atoms with Crippen molar-refractivity contribution >= 4 is 6.09 Å². The van der Waals surface area contributed by atoms with E-state index in [1.165, 1.54) is 18.2 Å². The molecule has 0 radical (unpaired) electrons. The molecule has 2 aliphatic rings. The smallest absolute Gasteiger partial charge is 0.410 e. The summed E-state index contributed by atoms with van der Waals surface area (Å²) in [5.41, 5.74) is 1.46. The highest BCUT2D eigenvalue weighted by atomic mass is 19.1. The first-order chi connectivity index (χ1) is 16.3. The van der Waals surface area contributed by atoms with Crippen LogP contribution in [0.25, 0.3) is 11.3 Å². The molecule has 1 amide bonds. The zero-order valence-electron chi connectivity index (χ0n) is 19.5. The lowest BCUT2D eigenvalue weighted by molar-refractivity contribution is -0.000535. The van der Waals surface area contributed by atoms with Crippen molar-refractivity contribution in [2.75, 3.05) is 6.54 Å². The van der Waals surface area contributed by atoms with E-state index in [1.54, 1.807) is 11.0 Å². The summed E-state index contributed by atoms with van der Waals surface area (Å²) in [7, 11) is 0. The summed E-state index contributed by atoms with van der Waals surface area (Å²) < 4.78 is 34.6. The minimum atomic E-state index is -0.700. The zero-order valence-corrected chi connectivity index (χ0v) is 19.5. The van der Waals surface area contributed by atoms with Gasteiger partial charge in [-0.25, -0.2) is 13.6 Å². The summed E-state index contributed by atoms with van der Waals surface area (Å²) >= 11 is 0. The Morgan fingerprint density at radius 2 is 1.79 bits per heavy atom. The lowest BCUT2D eigenvalue weighted by Crippen LogP contribution is -2.54. The summed E-state index contributed by atoms with van der Waals surface area (Å²) in [6.45, 7) is 6.80. The number of amides is 1. The van der Waals surface area contributed by atoms with E-state index in [4.69, 9.17) is 4.74 Å². The highest BCUT2D eigenvalue weighted by Crippen LogP contribution is 2.68. The van der Waals surface area contributed by atoms with Crippen molar-refractivity contribution in [1.82, 2.24) is 15.1 Å². The third-order valence-corrected chi connectivity index (χ3v) is 7.74. The number of aromatic nitrogens is 2. The predicted molar refractivity (Wildman–Crippen MR) is 124 cm³/mol. The second kappa shape index (κ2) is 8.15. The average molecular weight is 464 g/mol. The number of hydrogen-bond donors (Lipinski definition) is 0. The van der Waals surface area contributed by atoms with Crippen molar-refractivity contribution in [3.05, 3.63) is 83.1 Å². The molecule has 2 atom stereocenters. The number of carbonyl (C=O) groups excluding carboxylic acids is 1. The van der Waals surface area contributed by atoms with Crippen molar-refractivity contribution in [3.8, 4) is 11.3 Å². The van der Waals surface area contributed by atoms with Gasteiger partial charge in [0, 0.05) is 12.0 Å². The van der Waals surface area contributed by atoms with Gasteiger partial charge in [-0.1, -0.05) is 50.2 Å². The molecule has 2 aliphatic carbocycles. The van der Waals surface area contributed by atoms with Crippen LogP contribution in [0.15, 0.2) is 54.6 Å². The molecular formula is C27H27F2N3O2. The number of carbonyl (C=O) groups is 1. The van der Waals surface area contributed by atoms with Crippen LogP contribution < -0.4 is 0 Å². The minimum Gasteiger partial charge on any atom is -0.445 e. The zero-order chi connectivity index (χ0) is 24.1. The largest absolute Gasteiger partial charge is 0.445 e. The minimum absolute atomic E-state index is 0.0857. The highest BCUT2D eigenvalue weighted by molar-refractivity contribution is 5.71. The molecule has 176 valence electrons. The Bertz CT molecular complexity index is 1230. The Morgan fingerprint density at radius 1 is 1.09 bits per heavy atom. The number of fused-ring (bicyclic) bond motifs is 5. The molecular weight excluding hydrogens is 436 g/mol. The van der Waals surface area contributed by atoms with Crippen LogP contribution in [-0.2, 0) is 16.9 Å². The van der Waals surface area contributed by atoms with Crippen LogP contribution in [-0.4, -0.2) is 27.7 Å². The van der Waals surface area contributed by atoms with Crippen molar-refractivity contribution in [1.29, 1.82) is 0 Å². The monoisotopic (exact) mass is 463 g/mol. The molecule has 0 spiro atoms. The molecule has 7 heteroatoms. The molecule has 0 aliphatic heterocycles. The number of nitrogens with zero attached hydrogens (tertiary/aromatic N) is 3. The average Bonchev–Trinajstić information content (AvgIpc) is 3.19. The van der Waals surface area contributed by atoms with Gasteiger partial charge in [-0.2, -0.15) is 5.10 Å². The fraction of sp³-hybridized carbons (Fsp3) is 0.370. The van der Waals surface area contributed by atoms with Gasteiger partial charge in [0.15, 0.2) is 0 Å². The fourth-order valence-corrected chi connectivity index (χ4v) is 6.11. The molecule has 5 nitrogen and oxygen atoms in total. The topological polar surface area (TPSA) is 55.3 Å². The molecule has 3 aromatic rings. The summed E-state index contributed by atoms with van der Waals surface area (Å²) in [6, 6.07) is 15.1. The van der Waals surface area contributed by atoms with E-state index in [-0.39, 0.29) is 29.2 Å². The fourth-order valence-electron chi connectivity index (χ4n) is 6.11. The Hall–Kier alpha value is -3.35. The van der Waals surface area contributed by atoms with Crippen LogP contribution in [0.2, 0.25) is 0 Å². The Kier molecular flexibility index (Phi) is 5.38. The molecule has 1 fully saturated rings. The van der Waals surface area contributed by atoms with Gasteiger partial charge in [0.25, 0.3) is 0 Å². The Balaban J connectivity index is 1.53. The number of rotatable bonds is 5. The molecule has 34 heavy (non-hydrogen) atoms. The van der Waals surface area contributed by atoms with E-state index < -0.39 is 23.3 Å². The van der Waals surface area contributed by atoms with E-state index in [0.29, 0.717) is 12.2 Å². The van der Waals surface area contributed by atoms with Crippen molar-refractivity contribution < 1.29 is 18.3 Å². The van der Waals surface area contributed by atoms with Gasteiger partial charge in [0.1, 0.15) is 18.2 Å². The third-order valence-electron chi connectivity index (χ3n) is 7.74. The quantitative estimate of drug-likeness (QED) is 0.453. The third kappa shape index (κ3) is 3.13. The number of hydrogen-bond acceptors (Lipinski definition) is 4.